The Hall–Kier alpha value is -1.81. The van der Waals surface area contributed by atoms with E-state index < -0.39 is 0 Å². The van der Waals surface area contributed by atoms with Gasteiger partial charge in [-0.05, 0) is 59.5 Å². The van der Waals surface area contributed by atoms with E-state index in [0.717, 1.165) is 31.6 Å². The average Bonchev–Trinajstić information content (AvgIpc) is 3.01. The summed E-state index contributed by atoms with van der Waals surface area (Å²) in [5, 5.41) is 7.09. The van der Waals surface area contributed by atoms with E-state index in [1.54, 1.807) is 23.5 Å². The van der Waals surface area contributed by atoms with Crippen LogP contribution in [0.4, 0.5) is 0 Å². The van der Waals surface area contributed by atoms with E-state index in [1.807, 2.05) is 12.1 Å². The van der Waals surface area contributed by atoms with Crippen LogP contribution < -0.4 is 10.1 Å². The van der Waals surface area contributed by atoms with E-state index in [1.165, 1.54) is 5.56 Å². The van der Waals surface area contributed by atoms with Gasteiger partial charge in [0.15, 0.2) is 0 Å². The molecule has 2 aromatic rings. The fourth-order valence-corrected chi connectivity index (χ4v) is 2.60. The Balaban J connectivity index is 1.76. The molecule has 0 fully saturated rings. The van der Waals surface area contributed by atoms with E-state index in [2.05, 4.69) is 29.1 Å². The molecule has 1 heterocycles. The van der Waals surface area contributed by atoms with Gasteiger partial charge in [-0.25, -0.2) is 0 Å². The first kappa shape index (κ1) is 15.6. The monoisotopic (exact) mass is 303 g/mol. The summed E-state index contributed by atoms with van der Waals surface area (Å²) in [5.74, 6) is 0.781. The lowest BCUT2D eigenvalue weighted by Gasteiger charge is -2.07. The number of thiophene rings is 1. The molecular formula is C17H21NO2S. The molecule has 0 unspecified atom stereocenters. The van der Waals surface area contributed by atoms with Gasteiger partial charge < -0.3 is 10.1 Å². The summed E-state index contributed by atoms with van der Waals surface area (Å²) in [6.45, 7) is 3.51. The van der Waals surface area contributed by atoms with Crippen LogP contribution >= 0.6 is 11.3 Å². The first-order valence-electron chi connectivity index (χ1n) is 7.31. The lowest BCUT2D eigenvalue weighted by molar-refractivity contribution is 0.0954. The number of carbonyl (C=O) groups excluding carboxylic acids is 1. The predicted octanol–water partition coefficient (Wildman–Crippen LogP) is 3.90. The van der Waals surface area contributed by atoms with Crippen LogP contribution in [0, 0.1) is 0 Å². The van der Waals surface area contributed by atoms with E-state index in [9.17, 15) is 4.79 Å². The van der Waals surface area contributed by atoms with Crippen molar-refractivity contribution in [2.24, 2.45) is 0 Å². The van der Waals surface area contributed by atoms with Gasteiger partial charge in [-0.1, -0.05) is 13.3 Å². The highest BCUT2D eigenvalue weighted by molar-refractivity contribution is 7.07. The molecule has 0 spiro atoms. The van der Waals surface area contributed by atoms with Crippen LogP contribution in [0.1, 0.15) is 35.7 Å². The molecule has 1 aromatic carbocycles. The molecule has 4 heteroatoms. The van der Waals surface area contributed by atoms with E-state index in [0.29, 0.717) is 12.1 Å². The number of amides is 1. The number of hydrogen-bond acceptors (Lipinski definition) is 3. The zero-order valence-corrected chi connectivity index (χ0v) is 13.1. The molecule has 1 N–H and O–H groups in total. The molecule has 112 valence electrons. The smallest absolute Gasteiger partial charge is 0.251 e. The number of ether oxygens (including phenoxy) is 1. The minimum absolute atomic E-state index is 0.0367. The highest BCUT2D eigenvalue weighted by Crippen LogP contribution is 2.13. The SMILES string of the molecule is CCCCOc1ccc(C(=O)NCCc2ccsc2)cc1. The van der Waals surface area contributed by atoms with Crippen molar-refractivity contribution in [1.82, 2.24) is 5.32 Å². The van der Waals surface area contributed by atoms with E-state index in [4.69, 9.17) is 4.74 Å². The van der Waals surface area contributed by atoms with Gasteiger partial charge in [0.1, 0.15) is 5.75 Å². The van der Waals surface area contributed by atoms with Crippen molar-refractivity contribution in [3.8, 4) is 5.75 Å². The molecule has 0 bridgehead atoms. The molecule has 0 aliphatic heterocycles. The Morgan fingerprint density at radius 1 is 1.24 bits per heavy atom. The summed E-state index contributed by atoms with van der Waals surface area (Å²) < 4.78 is 5.58. The van der Waals surface area contributed by atoms with Crippen LogP contribution in [0.15, 0.2) is 41.1 Å². The zero-order valence-electron chi connectivity index (χ0n) is 12.3. The highest BCUT2D eigenvalue weighted by atomic mass is 32.1. The van der Waals surface area contributed by atoms with E-state index >= 15 is 0 Å². The van der Waals surface area contributed by atoms with Gasteiger partial charge in [-0.3, -0.25) is 4.79 Å². The Morgan fingerprint density at radius 3 is 2.71 bits per heavy atom. The maximum Gasteiger partial charge on any atom is 0.251 e. The van der Waals surface area contributed by atoms with Crippen molar-refractivity contribution in [1.29, 1.82) is 0 Å². The number of rotatable bonds is 8. The number of unbranched alkanes of at least 4 members (excludes halogenated alkanes) is 1. The summed E-state index contributed by atoms with van der Waals surface area (Å²) in [4.78, 5) is 12.0. The number of benzene rings is 1. The number of nitrogens with one attached hydrogen (secondary N) is 1. The Kier molecular flexibility index (Phi) is 6.28. The van der Waals surface area contributed by atoms with E-state index in [-0.39, 0.29) is 5.91 Å². The zero-order chi connectivity index (χ0) is 14.9. The summed E-state index contributed by atoms with van der Waals surface area (Å²) in [6.07, 6.45) is 3.03. The second-order valence-corrected chi connectivity index (χ2v) is 5.64. The minimum atomic E-state index is -0.0367. The van der Waals surface area contributed by atoms with Gasteiger partial charge in [-0.2, -0.15) is 11.3 Å². The predicted molar refractivity (Wildman–Crippen MR) is 87.2 cm³/mol. The molecule has 0 saturated heterocycles. The van der Waals surface area contributed by atoms with Crippen LogP contribution in [-0.4, -0.2) is 19.1 Å². The van der Waals surface area contributed by atoms with Crippen molar-refractivity contribution in [2.75, 3.05) is 13.2 Å². The summed E-state index contributed by atoms with van der Waals surface area (Å²) in [7, 11) is 0. The summed E-state index contributed by atoms with van der Waals surface area (Å²) in [6, 6.07) is 9.40. The second kappa shape index (κ2) is 8.47. The Morgan fingerprint density at radius 2 is 2.05 bits per heavy atom. The average molecular weight is 303 g/mol. The molecular weight excluding hydrogens is 282 g/mol. The van der Waals surface area contributed by atoms with Crippen LogP contribution in [0.25, 0.3) is 0 Å². The van der Waals surface area contributed by atoms with Crippen LogP contribution in [0.2, 0.25) is 0 Å². The molecule has 0 aliphatic carbocycles. The van der Waals surface area contributed by atoms with Crippen molar-refractivity contribution < 1.29 is 9.53 Å². The first-order chi connectivity index (χ1) is 10.3. The Labute approximate surface area is 130 Å². The lowest BCUT2D eigenvalue weighted by Crippen LogP contribution is -2.25. The maximum atomic E-state index is 12.0. The van der Waals surface area contributed by atoms with Crippen LogP contribution in [0.5, 0.6) is 5.75 Å². The number of hydrogen-bond donors (Lipinski definition) is 1. The van der Waals surface area contributed by atoms with Crippen molar-refractivity contribution >= 4 is 17.2 Å². The molecule has 3 nitrogen and oxygen atoms in total. The fraction of sp³-hybridized carbons (Fsp3) is 0.353. The molecule has 1 amide bonds. The van der Waals surface area contributed by atoms with Gasteiger partial charge in [0.25, 0.3) is 5.91 Å². The standard InChI is InChI=1S/C17H21NO2S/c1-2-3-11-20-16-6-4-15(5-7-16)17(19)18-10-8-14-9-12-21-13-14/h4-7,9,12-13H,2-3,8,10-11H2,1H3,(H,18,19). The van der Waals surface area contributed by atoms with Gasteiger partial charge in [0, 0.05) is 12.1 Å². The quantitative estimate of drug-likeness (QED) is 0.751. The van der Waals surface area contributed by atoms with Gasteiger partial charge >= 0.3 is 0 Å². The van der Waals surface area contributed by atoms with Gasteiger partial charge in [0.05, 0.1) is 6.61 Å². The molecule has 0 saturated carbocycles. The molecule has 0 radical (unpaired) electrons. The van der Waals surface area contributed by atoms with Crippen molar-refractivity contribution in [2.45, 2.75) is 26.2 Å². The topological polar surface area (TPSA) is 38.3 Å². The maximum absolute atomic E-state index is 12.0. The molecule has 1 aromatic heterocycles. The third kappa shape index (κ3) is 5.23. The van der Waals surface area contributed by atoms with Gasteiger partial charge in [0.2, 0.25) is 0 Å². The summed E-state index contributed by atoms with van der Waals surface area (Å²) in [5.41, 5.74) is 1.93. The fourth-order valence-electron chi connectivity index (χ4n) is 1.89. The van der Waals surface area contributed by atoms with Crippen LogP contribution in [0.3, 0.4) is 0 Å². The molecule has 2 rings (SSSR count). The molecule has 0 atom stereocenters. The highest BCUT2D eigenvalue weighted by Gasteiger charge is 2.05. The first-order valence-corrected chi connectivity index (χ1v) is 8.26. The van der Waals surface area contributed by atoms with Crippen molar-refractivity contribution in [3.05, 3.63) is 52.2 Å². The van der Waals surface area contributed by atoms with Gasteiger partial charge in [-0.15, -0.1) is 0 Å². The number of carbonyl (C=O) groups is 1. The minimum Gasteiger partial charge on any atom is -0.494 e. The van der Waals surface area contributed by atoms with Crippen molar-refractivity contribution in [3.63, 3.8) is 0 Å². The lowest BCUT2D eigenvalue weighted by atomic mass is 10.2. The second-order valence-electron chi connectivity index (χ2n) is 4.86. The Bertz CT molecular complexity index is 534. The third-order valence-corrected chi connectivity index (χ3v) is 3.89. The summed E-state index contributed by atoms with van der Waals surface area (Å²) >= 11 is 1.68. The molecule has 0 aliphatic rings. The van der Waals surface area contributed by atoms with Crippen LogP contribution in [-0.2, 0) is 6.42 Å². The normalized spacial score (nSPS) is 10.3. The largest absolute Gasteiger partial charge is 0.494 e. The third-order valence-electron chi connectivity index (χ3n) is 3.16. The molecule has 21 heavy (non-hydrogen) atoms.